The zero-order valence-electron chi connectivity index (χ0n) is 11.1. The van der Waals surface area contributed by atoms with Gasteiger partial charge in [0.15, 0.2) is 6.29 Å². The van der Waals surface area contributed by atoms with Crippen molar-refractivity contribution in [1.29, 1.82) is 0 Å². The second kappa shape index (κ2) is 6.52. The summed E-state index contributed by atoms with van der Waals surface area (Å²) in [5, 5.41) is 12.9. The lowest BCUT2D eigenvalue weighted by Crippen LogP contribution is -2.42. The molecular formula is C14H21NO3. The molecule has 1 rings (SSSR count). The minimum absolute atomic E-state index is 0.0400. The average Bonchev–Trinajstić information content (AvgIpc) is 2.33. The van der Waals surface area contributed by atoms with Gasteiger partial charge in [0.05, 0.1) is 5.56 Å². The number of para-hydroxylation sites is 1. The van der Waals surface area contributed by atoms with Crippen molar-refractivity contribution in [2.75, 3.05) is 13.2 Å². The summed E-state index contributed by atoms with van der Waals surface area (Å²) in [5.74, 6) is 0.502. The van der Waals surface area contributed by atoms with Crippen molar-refractivity contribution in [1.82, 2.24) is 5.32 Å². The molecule has 0 heterocycles. The van der Waals surface area contributed by atoms with E-state index in [9.17, 15) is 9.90 Å². The van der Waals surface area contributed by atoms with Crippen LogP contribution in [0.3, 0.4) is 0 Å². The molecule has 1 unspecified atom stereocenters. The number of nitrogens with one attached hydrogen (secondary N) is 1. The van der Waals surface area contributed by atoms with Crippen molar-refractivity contribution >= 4 is 6.29 Å². The van der Waals surface area contributed by atoms with Crippen LogP contribution in [0.1, 0.15) is 31.1 Å². The molecule has 0 amide bonds. The number of carbonyl (C=O) groups is 1. The molecule has 1 aromatic carbocycles. The molecule has 0 saturated heterocycles. The number of aliphatic hydroxyl groups is 1. The van der Waals surface area contributed by atoms with Gasteiger partial charge in [-0.15, -0.1) is 0 Å². The van der Waals surface area contributed by atoms with Crippen LogP contribution in [0.5, 0.6) is 5.75 Å². The quantitative estimate of drug-likeness (QED) is 0.754. The molecule has 0 bridgehead atoms. The first-order chi connectivity index (χ1) is 8.42. The van der Waals surface area contributed by atoms with E-state index in [4.69, 9.17) is 4.74 Å². The third kappa shape index (κ3) is 5.29. The fraction of sp³-hybridized carbons (Fsp3) is 0.500. The van der Waals surface area contributed by atoms with Gasteiger partial charge in [-0.25, -0.2) is 0 Å². The largest absolute Gasteiger partial charge is 0.490 e. The van der Waals surface area contributed by atoms with E-state index in [0.717, 1.165) is 6.29 Å². The minimum Gasteiger partial charge on any atom is -0.490 e. The van der Waals surface area contributed by atoms with E-state index in [2.05, 4.69) is 5.32 Å². The van der Waals surface area contributed by atoms with Crippen molar-refractivity contribution in [2.45, 2.75) is 32.4 Å². The lowest BCUT2D eigenvalue weighted by Gasteiger charge is -2.23. The predicted octanol–water partition coefficient (Wildman–Crippen LogP) is 1.63. The summed E-state index contributed by atoms with van der Waals surface area (Å²) < 4.78 is 5.43. The molecular weight excluding hydrogens is 230 g/mol. The molecule has 0 aromatic heterocycles. The first-order valence-electron chi connectivity index (χ1n) is 6.02. The molecule has 0 saturated carbocycles. The topological polar surface area (TPSA) is 58.6 Å². The smallest absolute Gasteiger partial charge is 0.153 e. The third-order valence-corrected chi connectivity index (χ3v) is 2.35. The first kappa shape index (κ1) is 14.7. The highest BCUT2D eigenvalue weighted by atomic mass is 16.5. The third-order valence-electron chi connectivity index (χ3n) is 2.35. The molecule has 0 aliphatic heterocycles. The molecule has 100 valence electrons. The zero-order chi connectivity index (χ0) is 13.6. The Morgan fingerprint density at radius 1 is 1.39 bits per heavy atom. The molecule has 1 atom stereocenters. The Morgan fingerprint density at radius 2 is 2.06 bits per heavy atom. The van der Waals surface area contributed by atoms with Crippen molar-refractivity contribution in [2.24, 2.45) is 0 Å². The van der Waals surface area contributed by atoms with Crippen molar-refractivity contribution < 1.29 is 14.6 Å². The molecule has 4 nitrogen and oxygen atoms in total. The van der Waals surface area contributed by atoms with Crippen LogP contribution in [0.15, 0.2) is 24.3 Å². The fourth-order valence-electron chi connectivity index (χ4n) is 1.38. The van der Waals surface area contributed by atoms with Crippen molar-refractivity contribution in [3.05, 3.63) is 29.8 Å². The van der Waals surface area contributed by atoms with Crippen LogP contribution in [0, 0.1) is 0 Å². The number of aldehydes is 1. The second-order valence-electron chi connectivity index (χ2n) is 5.25. The lowest BCUT2D eigenvalue weighted by molar-refractivity contribution is 0.0981. The van der Waals surface area contributed by atoms with Gasteiger partial charge in [0.25, 0.3) is 0 Å². The summed E-state index contributed by atoms with van der Waals surface area (Å²) in [4.78, 5) is 10.8. The number of β-amino-alcohol motifs (C(OH)–C–C–N with tert-alkyl or cyclic N) is 1. The van der Waals surface area contributed by atoms with Crippen molar-refractivity contribution in [3.63, 3.8) is 0 Å². The van der Waals surface area contributed by atoms with Crippen LogP contribution in [0.4, 0.5) is 0 Å². The van der Waals surface area contributed by atoms with Crippen LogP contribution in [0.25, 0.3) is 0 Å². The summed E-state index contributed by atoms with van der Waals surface area (Å²) in [6, 6.07) is 6.96. The summed E-state index contributed by atoms with van der Waals surface area (Å²) in [7, 11) is 0. The Kier molecular flexibility index (Phi) is 5.31. The van der Waals surface area contributed by atoms with E-state index < -0.39 is 6.10 Å². The van der Waals surface area contributed by atoms with Gasteiger partial charge >= 0.3 is 0 Å². The van der Waals surface area contributed by atoms with Gasteiger partial charge in [0.1, 0.15) is 18.5 Å². The van der Waals surface area contributed by atoms with Crippen LogP contribution in [-0.2, 0) is 0 Å². The van der Waals surface area contributed by atoms with E-state index in [-0.39, 0.29) is 12.1 Å². The van der Waals surface area contributed by atoms with Gasteiger partial charge in [-0.05, 0) is 32.9 Å². The van der Waals surface area contributed by atoms with Crippen LogP contribution < -0.4 is 10.1 Å². The molecule has 0 spiro atoms. The highest BCUT2D eigenvalue weighted by molar-refractivity contribution is 5.79. The Morgan fingerprint density at radius 3 is 2.67 bits per heavy atom. The van der Waals surface area contributed by atoms with Gasteiger partial charge < -0.3 is 15.2 Å². The average molecular weight is 251 g/mol. The maximum Gasteiger partial charge on any atom is 0.153 e. The Labute approximate surface area is 108 Å². The maximum absolute atomic E-state index is 10.8. The molecule has 4 heteroatoms. The molecule has 18 heavy (non-hydrogen) atoms. The normalized spacial score (nSPS) is 13.1. The fourth-order valence-corrected chi connectivity index (χ4v) is 1.38. The second-order valence-corrected chi connectivity index (χ2v) is 5.25. The van der Waals surface area contributed by atoms with E-state index in [1.165, 1.54) is 0 Å². The van der Waals surface area contributed by atoms with Crippen LogP contribution in [-0.4, -0.2) is 36.2 Å². The van der Waals surface area contributed by atoms with E-state index >= 15 is 0 Å². The maximum atomic E-state index is 10.8. The summed E-state index contributed by atoms with van der Waals surface area (Å²) >= 11 is 0. The lowest BCUT2D eigenvalue weighted by atomic mass is 10.1. The number of benzene rings is 1. The standard InChI is InChI=1S/C14H21NO3/c1-14(2,3)15-8-12(17)10-18-13-7-5-4-6-11(13)9-16/h4-7,9,12,15,17H,8,10H2,1-3H3. The number of rotatable bonds is 6. The highest BCUT2D eigenvalue weighted by Crippen LogP contribution is 2.15. The van der Waals surface area contributed by atoms with E-state index in [0.29, 0.717) is 17.9 Å². The van der Waals surface area contributed by atoms with Gasteiger partial charge in [0, 0.05) is 12.1 Å². The molecule has 0 aliphatic carbocycles. The number of ether oxygens (including phenoxy) is 1. The summed E-state index contributed by atoms with van der Waals surface area (Å²) in [5.41, 5.74) is 0.454. The number of aliphatic hydroxyl groups excluding tert-OH is 1. The number of hydrogen-bond donors (Lipinski definition) is 2. The molecule has 0 radical (unpaired) electrons. The van der Waals surface area contributed by atoms with Gasteiger partial charge in [-0.3, -0.25) is 4.79 Å². The minimum atomic E-state index is -0.607. The van der Waals surface area contributed by atoms with E-state index in [1.807, 2.05) is 20.8 Å². The zero-order valence-corrected chi connectivity index (χ0v) is 11.1. The van der Waals surface area contributed by atoms with Crippen LogP contribution >= 0.6 is 0 Å². The highest BCUT2D eigenvalue weighted by Gasteiger charge is 2.13. The SMILES string of the molecule is CC(C)(C)NCC(O)COc1ccccc1C=O. The molecule has 2 N–H and O–H groups in total. The Bertz CT molecular complexity index is 385. The monoisotopic (exact) mass is 251 g/mol. The van der Waals surface area contributed by atoms with Gasteiger partial charge in [0.2, 0.25) is 0 Å². The van der Waals surface area contributed by atoms with Gasteiger partial charge in [-0.2, -0.15) is 0 Å². The Hall–Kier alpha value is -1.39. The Balaban J connectivity index is 2.42. The molecule has 1 aromatic rings. The molecule has 0 aliphatic rings. The number of hydrogen-bond acceptors (Lipinski definition) is 4. The molecule has 0 fully saturated rings. The van der Waals surface area contributed by atoms with Crippen LogP contribution in [0.2, 0.25) is 0 Å². The number of carbonyl (C=O) groups excluding carboxylic acids is 1. The predicted molar refractivity (Wildman–Crippen MR) is 71.1 cm³/mol. The van der Waals surface area contributed by atoms with Crippen molar-refractivity contribution in [3.8, 4) is 5.75 Å². The van der Waals surface area contributed by atoms with Gasteiger partial charge in [-0.1, -0.05) is 12.1 Å². The van der Waals surface area contributed by atoms with E-state index in [1.54, 1.807) is 24.3 Å². The summed E-state index contributed by atoms with van der Waals surface area (Å²) in [6.45, 7) is 6.70. The summed E-state index contributed by atoms with van der Waals surface area (Å²) in [6.07, 6.45) is 0.138. The first-order valence-corrected chi connectivity index (χ1v) is 6.02.